The Kier molecular flexibility index (Phi) is 4.67. The molecule has 1 unspecified atom stereocenters. The first-order valence-corrected chi connectivity index (χ1v) is 10.2. The molecule has 1 aromatic heterocycles. The van der Waals surface area contributed by atoms with Gasteiger partial charge in [-0.1, -0.05) is 17.3 Å². The molecule has 0 radical (unpaired) electrons. The molecule has 4 amide bonds. The quantitative estimate of drug-likeness (QED) is 0.540. The van der Waals surface area contributed by atoms with E-state index in [1.54, 1.807) is 24.5 Å². The molecule has 0 spiro atoms. The molecule has 0 saturated carbocycles. The number of rotatable bonds is 6. The molecule has 5 rings (SSSR count). The average molecular weight is 423 g/mol. The van der Waals surface area contributed by atoms with E-state index in [1.807, 2.05) is 6.07 Å². The summed E-state index contributed by atoms with van der Waals surface area (Å²) in [6.45, 7) is 2.53. The molecule has 3 aliphatic heterocycles. The zero-order valence-corrected chi connectivity index (χ0v) is 16.6. The van der Waals surface area contributed by atoms with Crippen molar-refractivity contribution in [2.24, 2.45) is 0 Å². The molecule has 2 aromatic rings. The molecule has 3 N–H and O–H groups in total. The number of benzene rings is 1. The van der Waals surface area contributed by atoms with Gasteiger partial charge in [-0.25, -0.2) is 0 Å². The van der Waals surface area contributed by atoms with Crippen LogP contribution < -0.4 is 16.0 Å². The molecule has 4 heterocycles. The molecule has 0 aliphatic carbocycles. The SMILES string of the molecule is O=C1CCC(N2C(=O)c3cccc(CNCC4(c5ccon5)CNC4)c3C2=O)C(=O)N1. The van der Waals surface area contributed by atoms with Crippen LogP contribution in [-0.4, -0.2) is 59.4 Å². The molecular formula is C21H21N5O5. The van der Waals surface area contributed by atoms with Gasteiger partial charge in [0.15, 0.2) is 0 Å². The second kappa shape index (κ2) is 7.40. The van der Waals surface area contributed by atoms with E-state index in [4.69, 9.17) is 4.52 Å². The highest BCUT2D eigenvalue weighted by atomic mass is 16.5. The molecule has 1 atom stereocenters. The fourth-order valence-electron chi connectivity index (χ4n) is 4.48. The second-order valence-corrected chi connectivity index (χ2v) is 8.16. The summed E-state index contributed by atoms with van der Waals surface area (Å²) in [6, 6.07) is 6.00. The Hall–Kier alpha value is -3.37. The van der Waals surface area contributed by atoms with Gasteiger partial charge in [0.2, 0.25) is 11.8 Å². The highest BCUT2D eigenvalue weighted by molar-refractivity contribution is 6.24. The Morgan fingerprint density at radius 3 is 2.68 bits per heavy atom. The number of nitrogens with zero attached hydrogens (tertiary/aromatic N) is 2. The van der Waals surface area contributed by atoms with Crippen molar-refractivity contribution < 1.29 is 23.7 Å². The second-order valence-electron chi connectivity index (χ2n) is 8.16. The van der Waals surface area contributed by atoms with Gasteiger partial charge < -0.3 is 15.2 Å². The predicted molar refractivity (Wildman–Crippen MR) is 106 cm³/mol. The van der Waals surface area contributed by atoms with Crippen LogP contribution in [0.4, 0.5) is 0 Å². The van der Waals surface area contributed by atoms with E-state index in [1.165, 1.54) is 0 Å². The van der Waals surface area contributed by atoms with E-state index in [2.05, 4.69) is 21.1 Å². The van der Waals surface area contributed by atoms with Crippen molar-refractivity contribution in [3.8, 4) is 0 Å². The first-order valence-electron chi connectivity index (χ1n) is 10.2. The number of imide groups is 2. The summed E-state index contributed by atoms with van der Waals surface area (Å²) in [5, 5.41) is 12.9. The van der Waals surface area contributed by atoms with Crippen LogP contribution in [0.2, 0.25) is 0 Å². The summed E-state index contributed by atoms with van der Waals surface area (Å²) in [5.41, 5.74) is 1.97. The summed E-state index contributed by atoms with van der Waals surface area (Å²) in [4.78, 5) is 50.7. The van der Waals surface area contributed by atoms with Crippen LogP contribution in [0.3, 0.4) is 0 Å². The Labute approximate surface area is 177 Å². The molecule has 31 heavy (non-hydrogen) atoms. The van der Waals surface area contributed by atoms with Crippen LogP contribution in [0.25, 0.3) is 0 Å². The van der Waals surface area contributed by atoms with Crippen molar-refractivity contribution in [2.75, 3.05) is 19.6 Å². The molecule has 3 aliphatic rings. The summed E-state index contributed by atoms with van der Waals surface area (Å²) in [7, 11) is 0. The molecule has 10 heteroatoms. The number of hydrogen-bond acceptors (Lipinski definition) is 8. The van der Waals surface area contributed by atoms with Crippen LogP contribution in [0.5, 0.6) is 0 Å². The van der Waals surface area contributed by atoms with Crippen LogP contribution in [-0.2, 0) is 21.5 Å². The fraction of sp³-hybridized carbons (Fsp3) is 0.381. The maximum atomic E-state index is 13.1. The Balaban J connectivity index is 1.34. The first-order chi connectivity index (χ1) is 15.0. The molecule has 2 saturated heterocycles. The number of fused-ring (bicyclic) bond motifs is 1. The molecule has 160 valence electrons. The van der Waals surface area contributed by atoms with Gasteiger partial charge in [0, 0.05) is 38.7 Å². The van der Waals surface area contributed by atoms with Gasteiger partial charge in [-0.3, -0.25) is 29.4 Å². The van der Waals surface area contributed by atoms with Gasteiger partial charge in [-0.15, -0.1) is 0 Å². The van der Waals surface area contributed by atoms with E-state index in [9.17, 15) is 19.2 Å². The summed E-state index contributed by atoms with van der Waals surface area (Å²) >= 11 is 0. The Morgan fingerprint density at radius 2 is 2.00 bits per heavy atom. The number of carbonyl (C=O) groups excluding carboxylic acids is 4. The Morgan fingerprint density at radius 1 is 1.16 bits per heavy atom. The molecule has 1 aromatic carbocycles. The lowest BCUT2D eigenvalue weighted by molar-refractivity contribution is -0.136. The minimum absolute atomic E-state index is 0.0936. The molecular weight excluding hydrogens is 402 g/mol. The molecule has 0 bridgehead atoms. The van der Waals surface area contributed by atoms with E-state index in [-0.39, 0.29) is 23.8 Å². The minimum atomic E-state index is -0.970. The standard InChI is InChI=1S/C21H21N5O5/c27-16-5-4-14(18(28)24-16)26-19(29)13-3-1-2-12(17(13)20(26)30)8-22-9-21(10-23-11-21)15-6-7-31-25-15/h1-3,6-7,14,22-23H,4-5,8-11H2,(H,24,27,28). The molecule has 10 nitrogen and oxygen atoms in total. The van der Waals surface area contributed by atoms with Crippen molar-refractivity contribution in [2.45, 2.75) is 30.8 Å². The van der Waals surface area contributed by atoms with E-state index < -0.39 is 29.7 Å². The third-order valence-electron chi connectivity index (χ3n) is 6.24. The number of carbonyl (C=O) groups is 4. The first kappa shape index (κ1) is 19.6. The zero-order chi connectivity index (χ0) is 21.6. The average Bonchev–Trinajstić information content (AvgIpc) is 3.33. The Bertz CT molecular complexity index is 1080. The zero-order valence-electron chi connectivity index (χ0n) is 16.6. The lowest BCUT2D eigenvalue weighted by Gasteiger charge is -2.41. The third kappa shape index (κ3) is 3.15. The lowest BCUT2D eigenvalue weighted by atomic mass is 9.78. The van der Waals surface area contributed by atoms with Gasteiger partial charge in [-0.2, -0.15) is 0 Å². The number of amides is 4. The highest BCUT2D eigenvalue weighted by Gasteiger charge is 2.45. The van der Waals surface area contributed by atoms with Crippen LogP contribution in [0.15, 0.2) is 35.1 Å². The van der Waals surface area contributed by atoms with Gasteiger partial charge in [0.25, 0.3) is 11.8 Å². The van der Waals surface area contributed by atoms with Crippen LogP contribution in [0.1, 0.15) is 44.8 Å². The lowest BCUT2D eigenvalue weighted by Crippen LogP contribution is -2.61. The summed E-state index contributed by atoms with van der Waals surface area (Å²) in [6.07, 6.45) is 1.78. The number of hydrogen-bond donors (Lipinski definition) is 3. The largest absolute Gasteiger partial charge is 0.364 e. The minimum Gasteiger partial charge on any atom is -0.364 e. The monoisotopic (exact) mass is 423 g/mol. The van der Waals surface area contributed by atoms with Crippen molar-refractivity contribution >= 4 is 23.6 Å². The fourth-order valence-corrected chi connectivity index (χ4v) is 4.48. The number of piperidine rings is 1. The number of aromatic nitrogens is 1. The predicted octanol–water partition coefficient (Wildman–Crippen LogP) is -0.293. The van der Waals surface area contributed by atoms with Crippen molar-refractivity contribution in [3.05, 3.63) is 52.9 Å². The third-order valence-corrected chi connectivity index (χ3v) is 6.24. The van der Waals surface area contributed by atoms with E-state index in [0.29, 0.717) is 24.2 Å². The summed E-state index contributed by atoms with van der Waals surface area (Å²) < 4.78 is 4.99. The number of nitrogens with one attached hydrogen (secondary N) is 3. The van der Waals surface area contributed by atoms with Gasteiger partial charge in [0.05, 0.1) is 22.2 Å². The van der Waals surface area contributed by atoms with Gasteiger partial charge >= 0.3 is 0 Å². The van der Waals surface area contributed by atoms with E-state index in [0.717, 1.165) is 23.7 Å². The smallest absolute Gasteiger partial charge is 0.262 e. The van der Waals surface area contributed by atoms with E-state index >= 15 is 0 Å². The van der Waals surface area contributed by atoms with Gasteiger partial charge in [-0.05, 0) is 18.1 Å². The maximum absolute atomic E-state index is 13.1. The van der Waals surface area contributed by atoms with Crippen LogP contribution in [0, 0.1) is 0 Å². The maximum Gasteiger partial charge on any atom is 0.262 e. The van der Waals surface area contributed by atoms with Gasteiger partial charge in [0.1, 0.15) is 12.3 Å². The normalized spacial score (nSPS) is 22.3. The van der Waals surface area contributed by atoms with Crippen molar-refractivity contribution in [1.82, 2.24) is 26.0 Å². The van der Waals surface area contributed by atoms with Crippen molar-refractivity contribution in [3.63, 3.8) is 0 Å². The van der Waals surface area contributed by atoms with Crippen LogP contribution >= 0.6 is 0 Å². The highest BCUT2D eigenvalue weighted by Crippen LogP contribution is 2.30. The van der Waals surface area contributed by atoms with Crippen molar-refractivity contribution in [1.29, 1.82) is 0 Å². The summed E-state index contributed by atoms with van der Waals surface area (Å²) in [5.74, 6) is -2.01. The molecule has 2 fully saturated rings. The topological polar surface area (TPSA) is 134 Å².